The summed E-state index contributed by atoms with van der Waals surface area (Å²) in [5.41, 5.74) is 1.07. The molecule has 6 nitrogen and oxygen atoms in total. The predicted octanol–water partition coefficient (Wildman–Crippen LogP) is 2.33. The van der Waals surface area contributed by atoms with Crippen LogP contribution in [-0.2, 0) is 0 Å². The molecular formula is C18H23FN6. The molecule has 0 unspecified atom stereocenters. The van der Waals surface area contributed by atoms with Gasteiger partial charge in [-0.25, -0.2) is 4.39 Å². The third kappa shape index (κ3) is 3.65. The number of aromatic nitrogens is 3. The molecule has 0 spiro atoms. The van der Waals surface area contributed by atoms with Crippen molar-refractivity contribution in [3.8, 4) is 0 Å². The summed E-state index contributed by atoms with van der Waals surface area (Å²) in [7, 11) is 0. The Morgan fingerprint density at radius 3 is 2.16 bits per heavy atom. The zero-order valence-corrected chi connectivity index (χ0v) is 14.3. The van der Waals surface area contributed by atoms with E-state index in [1.807, 2.05) is 12.1 Å². The summed E-state index contributed by atoms with van der Waals surface area (Å²) >= 11 is 0. The standard InChI is InChI=1S/C18H23FN6/c19-15-4-6-16(7-5-15)23-10-12-24(13-11-23)17-14-20-22-18(21-17)25-8-2-1-3-9-25/h4-7,14H,1-3,8-13H2. The average molecular weight is 342 g/mol. The van der Waals surface area contributed by atoms with Gasteiger partial charge in [0.25, 0.3) is 0 Å². The molecule has 4 rings (SSSR count). The Hall–Kier alpha value is -2.44. The minimum absolute atomic E-state index is 0.195. The van der Waals surface area contributed by atoms with Crippen molar-refractivity contribution >= 4 is 17.5 Å². The van der Waals surface area contributed by atoms with Gasteiger partial charge in [-0.2, -0.15) is 10.1 Å². The molecule has 0 bridgehead atoms. The molecule has 0 N–H and O–H groups in total. The third-order valence-electron chi connectivity index (χ3n) is 4.97. The van der Waals surface area contributed by atoms with E-state index in [1.54, 1.807) is 6.20 Å². The van der Waals surface area contributed by atoms with Gasteiger partial charge >= 0.3 is 0 Å². The van der Waals surface area contributed by atoms with Crippen LogP contribution >= 0.6 is 0 Å². The highest BCUT2D eigenvalue weighted by atomic mass is 19.1. The first-order chi connectivity index (χ1) is 12.3. The number of hydrogen-bond acceptors (Lipinski definition) is 6. The molecule has 2 saturated heterocycles. The van der Waals surface area contributed by atoms with Crippen LogP contribution in [0.4, 0.5) is 21.8 Å². The van der Waals surface area contributed by atoms with E-state index in [4.69, 9.17) is 4.98 Å². The van der Waals surface area contributed by atoms with Crippen LogP contribution in [0.1, 0.15) is 19.3 Å². The normalized spacial score (nSPS) is 18.5. The van der Waals surface area contributed by atoms with Crippen molar-refractivity contribution in [2.24, 2.45) is 0 Å². The Bertz CT molecular complexity index is 693. The molecule has 2 aliphatic heterocycles. The smallest absolute Gasteiger partial charge is 0.247 e. The van der Waals surface area contributed by atoms with Crippen molar-refractivity contribution in [2.45, 2.75) is 19.3 Å². The molecule has 25 heavy (non-hydrogen) atoms. The Labute approximate surface area is 147 Å². The summed E-state index contributed by atoms with van der Waals surface area (Å²) < 4.78 is 13.1. The third-order valence-corrected chi connectivity index (χ3v) is 4.97. The Kier molecular flexibility index (Phi) is 4.63. The van der Waals surface area contributed by atoms with Crippen molar-refractivity contribution in [2.75, 3.05) is 54.0 Å². The quantitative estimate of drug-likeness (QED) is 0.853. The maximum absolute atomic E-state index is 13.1. The lowest BCUT2D eigenvalue weighted by atomic mass is 10.1. The zero-order chi connectivity index (χ0) is 17.1. The van der Waals surface area contributed by atoms with E-state index in [9.17, 15) is 4.39 Å². The number of anilines is 3. The molecule has 1 aromatic carbocycles. The summed E-state index contributed by atoms with van der Waals surface area (Å²) in [5, 5.41) is 8.39. The van der Waals surface area contributed by atoms with Crippen molar-refractivity contribution < 1.29 is 4.39 Å². The summed E-state index contributed by atoms with van der Waals surface area (Å²) in [6, 6.07) is 6.71. The predicted molar refractivity (Wildman–Crippen MR) is 96.7 cm³/mol. The first-order valence-corrected chi connectivity index (χ1v) is 9.00. The second-order valence-corrected chi connectivity index (χ2v) is 6.61. The average Bonchev–Trinajstić information content (AvgIpc) is 2.70. The van der Waals surface area contributed by atoms with Crippen molar-refractivity contribution in [3.05, 3.63) is 36.3 Å². The van der Waals surface area contributed by atoms with Crippen LogP contribution in [0.15, 0.2) is 30.5 Å². The summed E-state index contributed by atoms with van der Waals surface area (Å²) in [5.74, 6) is 1.45. The van der Waals surface area contributed by atoms with Crippen LogP contribution < -0.4 is 14.7 Å². The lowest BCUT2D eigenvalue weighted by molar-refractivity contribution is 0.563. The summed E-state index contributed by atoms with van der Waals surface area (Å²) in [4.78, 5) is 11.5. The van der Waals surface area contributed by atoms with Crippen molar-refractivity contribution in [3.63, 3.8) is 0 Å². The van der Waals surface area contributed by atoms with E-state index in [0.29, 0.717) is 0 Å². The molecule has 0 amide bonds. The monoisotopic (exact) mass is 342 g/mol. The molecule has 2 aliphatic rings. The summed E-state index contributed by atoms with van der Waals surface area (Å²) in [6.45, 7) is 5.54. The number of hydrogen-bond donors (Lipinski definition) is 0. The van der Waals surface area contributed by atoms with Gasteiger partial charge in [-0.3, -0.25) is 0 Å². The van der Waals surface area contributed by atoms with Crippen molar-refractivity contribution in [1.82, 2.24) is 15.2 Å². The fraction of sp³-hybridized carbons (Fsp3) is 0.500. The van der Waals surface area contributed by atoms with Gasteiger partial charge in [0.1, 0.15) is 5.82 Å². The first-order valence-electron chi connectivity index (χ1n) is 9.00. The van der Waals surface area contributed by atoms with Crippen molar-refractivity contribution in [1.29, 1.82) is 0 Å². The second kappa shape index (κ2) is 7.21. The molecule has 0 saturated carbocycles. The minimum atomic E-state index is -0.195. The fourth-order valence-electron chi connectivity index (χ4n) is 3.51. The highest BCUT2D eigenvalue weighted by molar-refractivity contribution is 5.49. The number of piperazine rings is 1. The van der Waals surface area contributed by atoms with Gasteiger partial charge in [-0.15, -0.1) is 5.10 Å². The van der Waals surface area contributed by atoms with Crippen LogP contribution in [0.5, 0.6) is 0 Å². The van der Waals surface area contributed by atoms with E-state index < -0.39 is 0 Å². The molecular weight excluding hydrogens is 319 g/mol. The topological polar surface area (TPSA) is 48.4 Å². The Morgan fingerprint density at radius 1 is 0.760 bits per heavy atom. The summed E-state index contributed by atoms with van der Waals surface area (Å²) in [6.07, 6.45) is 5.43. The van der Waals surface area contributed by atoms with Crippen LogP contribution in [0.3, 0.4) is 0 Å². The maximum atomic E-state index is 13.1. The van der Waals surface area contributed by atoms with Gasteiger partial charge in [0.15, 0.2) is 5.82 Å². The van der Waals surface area contributed by atoms with Gasteiger partial charge < -0.3 is 14.7 Å². The molecule has 2 aromatic rings. The number of nitrogens with zero attached hydrogens (tertiary/aromatic N) is 6. The highest BCUT2D eigenvalue weighted by Crippen LogP contribution is 2.21. The number of halogens is 1. The Morgan fingerprint density at radius 2 is 1.44 bits per heavy atom. The van der Waals surface area contributed by atoms with Gasteiger partial charge in [-0.05, 0) is 43.5 Å². The van der Waals surface area contributed by atoms with E-state index >= 15 is 0 Å². The first kappa shape index (κ1) is 16.1. The SMILES string of the molecule is Fc1ccc(N2CCN(c3cnnc(N4CCCCC4)n3)CC2)cc1. The molecule has 7 heteroatoms. The number of benzene rings is 1. The lowest BCUT2D eigenvalue weighted by Gasteiger charge is -2.36. The van der Waals surface area contributed by atoms with Gasteiger partial charge in [-0.1, -0.05) is 0 Å². The molecule has 3 heterocycles. The lowest BCUT2D eigenvalue weighted by Crippen LogP contribution is -2.47. The second-order valence-electron chi connectivity index (χ2n) is 6.61. The fourth-order valence-corrected chi connectivity index (χ4v) is 3.51. The van der Waals surface area contributed by atoms with Crippen LogP contribution in [0, 0.1) is 5.82 Å². The number of rotatable bonds is 3. The van der Waals surface area contributed by atoms with E-state index in [1.165, 1.54) is 31.4 Å². The molecule has 132 valence electrons. The van der Waals surface area contributed by atoms with Crippen LogP contribution in [0.25, 0.3) is 0 Å². The molecule has 1 aromatic heterocycles. The zero-order valence-electron chi connectivity index (χ0n) is 14.3. The van der Waals surface area contributed by atoms with Gasteiger partial charge in [0.05, 0.1) is 6.20 Å². The Balaban J connectivity index is 1.41. The van der Waals surface area contributed by atoms with Gasteiger partial charge in [0.2, 0.25) is 5.95 Å². The molecule has 0 radical (unpaired) electrons. The maximum Gasteiger partial charge on any atom is 0.247 e. The van der Waals surface area contributed by atoms with E-state index in [2.05, 4.69) is 24.9 Å². The van der Waals surface area contributed by atoms with E-state index in [-0.39, 0.29) is 5.82 Å². The largest absolute Gasteiger partial charge is 0.368 e. The van der Waals surface area contributed by atoms with Crippen LogP contribution in [-0.4, -0.2) is 54.4 Å². The highest BCUT2D eigenvalue weighted by Gasteiger charge is 2.21. The molecule has 0 atom stereocenters. The van der Waals surface area contributed by atoms with Crippen LogP contribution in [0.2, 0.25) is 0 Å². The molecule has 0 aliphatic carbocycles. The minimum Gasteiger partial charge on any atom is -0.368 e. The number of piperidine rings is 1. The van der Waals surface area contributed by atoms with Gasteiger partial charge in [0, 0.05) is 45.0 Å². The molecule has 2 fully saturated rings. The van der Waals surface area contributed by atoms with E-state index in [0.717, 1.165) is 56.7 Å².